The van der Waals surface area contributed by atoms with Gasteiger partial charge in [-0.15, -0.1) is 0 Å². The van der Waals surface area contributed by atoms with E-state index in [0.29, 0.717) is 10.9 Å². The van der Waals surface area contributed by atoms with Crippen LogP contribution in [0.1, 0.15) is 26.2 Å². The Kier molecular flexibility index (Phi) is 6.58. The molecule has 19 heavy (non-hydrogen) atoms. The van der Waals surface area contributed by atoms with Crippen LogP contribution >= 0.6 is 27.5 Å². The van der Waals surface area contributed by atoms with Crippen LogP contribution in [-0.4, -0.2) is 19.2 Å². The first kappa shape index (κ1) is 16.2. The first-order valence-corrected chi connectivity index (χ1v) is 7.05. The topological polar surface area (TPSA) is 35.5 Å². The van der Waals surface area contributed by atoms with Gasteiger partial charge in [-0.25, -0.2) is 9.18 Å². The van der Waals surface area contributed by atoms with Gasteiger partial charge in [-0.1, -0.05) is 24.9 Å². The van der Waals surface area contributed by atoms with E-state index in [0.717, 1.165) is 18.9 Å². The minimum atomic E-state index is -0.748. The van der Waals surface area contributed by atoms with Crippen molar-refractivity contribution in [2.45, 2.75) is 32.3 Å². The molecule has 1 aromatic rings. The third-order valence-corrected chi connectivity index (χ3v) is 3.44. The largest absolute Gasteiger partial charge is 0.477 e. The molecule has 0 heterocycles. The van der Waals surface area contributed by atoms with Gasteiger partial charge in [0.05, 0.1) is 16.6 Å². The van der Waals surface area contributed by atoms with Crippen molar-refractivity contribution in [2.24, 2.45) is 0 Å². The molecule has 3 nitrogen and oxygen atoms in total. The van der Waals surface area contributed by atoms with Crippen LogP contribution in [0.5, 0.6) is 5.75 Å². The van der Waals surface area contributed by atoms with Crippen molar-refractivity contribution in [2.75, 3.05) is 7.11 Å². The number of hydrogen-bond donors (Lipinski definition) is 0. The molecule has 0 saturated carbocycles. The fourth-order valence-corrected chi connectivity index (χ4v) is 2.23. The number of carbonyl (C=O) groups excluding carboxylic acids is 1. The summed E-state index contributed by atoms with van der Waals surface area (Å²) in [7, 11) is 1.29. The van der Waals surface area contributed by atoms with E-state index in [-0.39, 0.29) is 10.8 Å². The molecule has 0 bridgehead atoms. The fraction of sp³-hybridized carbons (Fsp3) is 0.462. The summed E-state index contributed by atoms with van der Waals surface area (Å²) >= 11 is 8.86. The number of ether oxygens (including phenoxy) is 2. The Morgan fingerprint density at radius 3 is 2.79 bits per heavy atom. The summed E-state index contributed by atoms with van der Waals surface area (Å²) in [6, 6.07) is 2.54. The molecule has 1 rings (SSSR count). The second kappa shape index (κ2) is 7.70. The Labute approximate surface area is 125 Å². The molecule has 0 aliphatic heterocycles. The summed E-state index contributed by atoms with van der Waals surface area (Å²) in [6.45, 7) is 2.01. The monoisotopic (exact) mass is 352 g/mol. The van der Waals surface area contributed by atoms with Gasteiger partial charge in [0.1, 0.15) is 11.6 Å². The first-order valence-electron chi connectivity index (χ1n) is 5.88. The summed E-state index contributed by atoms with van der Waals surface area (Å²) in [5.74, 6) is -0.844. The van der Waals surface area contributed by atoms with Crippen molar-refractivity contribution in [3.8, 4) is 5.75 Å². The molecule has 6 heteroatoms. The number of unbranched alkanes of at least 4 members (excludes halogenated alkanes) is 1. The Morgan fingerprint density at radius 2 is 2.21 bits per heavy atom. The van der Waals surface area contributed by atoms with Crippen molar-refractivity contribution >= 4 is 33.5 Å². The highest BCUT2D eigenvalue weighted by Gasteiger charge is 2.22. The maximum atomic E-state index is 13.4. The smallest absolute Gasteiger partial charge is 0.347 e. The van der Waals surface area contributed by atoms with E-state index < -0.39 is 17.9 Å². The van der Waals surface area contributed by atoms with E-state index in [1.54, 1.807) is 0 Å². The first-order chi connectivity index (χ1) is 8.99. The molecule has 0 spiro atoms. The van der Waals surface area contributed by atoms with Gasteiger partial charge in [-0.05, 0) is 34.8 Å². The number of benzene rings is 1. The maximum Gasteiger partial charge on any atom is 0.347 e. The predicted octanol–water partition coefficient (Wildman–Crippen LogP) is 4.35. The van der Waals surface area contributed by atoms with E-state index in [1.807, 2.05) is 6.92 Å². The van der Waals surface area contributed by atoms with Gasteiger partial charge in [-0.2, -0.15) is 0 Å². The zero-order valence-corrected chi connectivity index (χ0v) is 13.1. The van der Waals surface area contributed by atoms with Crippen LogP contribution in [0, 0.1) is 5.82 Å². The molecule has 1 aromatic carbocycles. The summed E-state index contributed by atoms with van der Waals surface area (Å²) in [6.07, 6.45) is 1.50. The number of carbonyl (C=O) groups is 1. The second-order valence-corrected chi connectivity index (χ2v) is 5.23. The third kappa shape index (κ3) is 4.66. The predicted molar refractivity (Wildman–Crippen MR) is 75.1 cm³/mol. The molecule has 0 radical (unpaired) electrons. The van der Waals surface area contributed by atoms with Crippen LogP contribution in [0.4, 0.5) is 4.39 Å². The lowest BCUT2D eigenvalue weighted by Gasteiger charge is -2.17. The molecule has 0 aromatic heterocycles. The van der Waals surface area contributed by atoms with Crippen molar-refractivity contribution in [3.63, 3.8) is 0 Å². The zero-order valence-electron chi connectivity index (χ0n) is 10.7. The Morgan fingerprint density at radius 1 is 1.53 bits per heavy atom. The highest BCUT2D eigenvalue weighted by molar-refractivity contribution is 9.10. The Hall–Kier alpha value is -0.810. The average molecular weight is 354 g/mol. The minimum Gasteiger partial charge on any atom is -0.477 e. The lowest BCUT2D eigenvalue weighted by molar-refractivity contribution is -0.149. The summed E-state index contributed by atoms with van der Waals surface area (Å²) in [4.78, 5) is 11.6. The van der Waals surface area contributed by atoms with Crippen LogP contribution in [-0.2, 0) is 9.53 Å². The molecule has 0 N–H and O–H groups in total. The molecule has 0 amide bonds. The number of methoxy groups -OCH3 is 1. The molecule has 0 fully saturated rings. The van der Waals surface area contributed by atoms with E-state index >= 15 is 0 Å². The van der Waals surface area contributed by atoms with Gasteiger partial charge in [0.15, 0.2) is 6.10 Å². The lowest BCUT2D eigenvalue weighted by atomic mass is 10.1. The van der Waals surface area contributed by atoms with Crippen molar-refractivity contribution in [1.82, 2.24) is 0 Å². The molecular weight excluding hydrogens is 338 g/mol. The normalized spacial score (nSPS) is 12.1. The zero-order chi connectivity index (χ0) is 14.4. The summed E-state index contributed by atoms with van der Waals surface area (Å²) < 4.78 is 24.1. The molecule has 106 valence electrons. The van der Waals surface area contributed by atoms with Crippen LogP contribution < -0.4 is 4.74 Å². The van der Waals surface area contributed by atoms with Gasteiger partial charge in [0, 0.05) is 6.07 Å². The quantitative estimate of drug-likeness (QED) is 0.563. The van der Waals surface area contributed by atoms with Crippen LogP contribution in [0.3, 0.4) is 0 Å². The van der Waals surface area contributed by atoms with Crippen LogP contribution in [0.2, 0.25) is 5.02 Å². The number of halogens is 3. The van der Waals surface area contributed by atoms with E-state index in [4.69, 9.17) is 16.3 Å². The van der Waals surface area contributed by atoms with Gasteiger partial charge < -0.3 is 9.47 Å². The third-order valence-electron chi connectivity index (χ3n) is 2.53. The van der Waals surface area contributed by atoms with E-state index in [2.05, 4.69) is 20.7 Å². The van der Waals surface area contributed by atoms with Gasteiger partial charge >= 0.3 is 5.97 Å². The molecule has 0 saturated heterocycles. The number of hydrogen-bond acceptors (Lipinski definition) is 3. The van der Waals surface area contributed by atoms with Crippen molar-refractivity contribution in [1.29, 1.82) is 0 Å². The standard InChI is InChI=1S/C13H15BrClFO3/c1-3-4-5-11(13(17)18-2)19-12-7-10(16)9(15)6-8(12)14/h6-7,11H,3-5H2,1-2H3. The van der Waals surface area contributed by atoms with Gasteiger partial charge in [-0.3, -0.25) is 0 Å². The minimum absolute atomic E-state index is 0.0117. The summed E-state index contributed by atoms with van der Waals surface area (Å²) in [5.41, 5.74) is 0. The lowest BCUT2D eigenvalue weighted by Crippen LogP contribution is -2.28. The van der Waals surface area contributed by atoms with Gasteiger partial charge in [0.2, 0.25) is 0 Å². The van der Waals surface area contributed by atoms with Crippen LogP contribution in [0.15, 0.2) is 16.6 Å². The van der Waals surface area contributed by atoms with Gasteiger partial charge in [0.25, 0.3) is 0 Å². The van der Waals surface area contributed by atoms with E-state index in [9.17, 15) is 9.18 Å². The molecule has 0 aliphatic carbocycles. The van der Waals surface area contributed by atoms with Crippen molar-refractivity contribution in [3.05, 3.63) is 27.4 Å². The van der Waals surface area contributed by atoms with E-state index in [1.165, 1.54) is 13.2 Å². The Balaban J connectivity index is 2.89. The van der Waals surface area contributed by atoms with Crippen molar-refractivity contribution < 1.29 is 18.7 Å². The highest BCUT2D eigenvalue weighted by atomic mass is 79.9. The SMILES string of the molecule is CCCCC(Oc1cc(F)c(Cl)cc1Br)C(=O)OC. The number of rotatable bonds is 6. The number of esters is 1. The average Bonchev–Trinajstić information content (AvgIpc) is 2.39. The Bertz CT molecular complexity index is 454. The maximum absolute atomic E-state index is 13.4. The fourth-order valence-electron chi connectivity index (χ4n) is 1.49. The molecule has 0 aliphatic rings. The highest BCUT2D eigenvalue weighted by Crippen LogP contribution is 2.31. The summed E-state index contributed by atoms with van der Waals surface area (Å²) in [5, 5.41) is -0.0117. The molecule has 1 atom stereocenters. The van der Waals surface area contributed by atoms with Crippen LogP contribution in [0.25, 0.3) is 0 Å². The molecule has 1 unspecified atom stereocenters. The second-order valence-electron chi connectivity index (χ2n) is 3.97. The molecular formula is C13H15BrClFO3.